The van der Waals surface area contributed by atoms with Gasteiger partial charge in [0, 0.05) is 38.2 Å². The predicted octanol–water partition coefficient (Wildman–Crippen LogP) is 0.616. The summed E-state index contributed by atoms with van der Waals surface area (Å²) < 4.78 is 11.2. The lowest BCUT2D eigenvalue weighted by Gasteiger charge is -2.35. The fourth-order valence-electron chi connectivity index (χ4n) is 3.61. The quantitative estimate of drug-likeness (QED) is 0.770. The number of likely N-dealkylation sites (tertiary alicyclic amines) is 1. The van der Waals surface area contributed by atoms with Crippen LogP contribution in [-0.4, -0.2) is 74.6 Å². The van der Waals surface area contributed by atoms with Crippen molar-refractivity contribution in [3.05, 3.63) is 23.8 Å². The number of carbonyl (C=O) groups is 2. The van der Waals surface area contributed by atoms with Crippen molar-refractivity contribution >= 4 is 11.8 Å². The second-order valence-corrected chi connectivity index (χ2v) is 7.20. The number of benzene rings is 1. The Labute approximate surface area is 165 Å². The number of nitriles is 1. The smallest absolute Gasteiger partial charge is 0.236 e. The predicted molar refractivity (Wildman–Crippen MR) is 102 cm³/mol. The fourth-order valence-corrected chi connectivity index (χ4v) is 3.61. The van der Waals surface area contributed by atoms with Crippen LogP contribution in [-0.2, 0) is 9.59 Å². The lowest BCUT2D eigenvalue weighted by Crippen LogP contribution is -2.52. The molecule has 2 aliphatic heterocycles. The molecule has 2 fully saturated rings. The number of carbonyl (C=O) groups excluding carboxylic acids is 2. The van der Waals surface area contributed by atoms with Crippen molar-refractivity contribution in [2.75, 3.05) is 53.0 Å². The summed E-state index contributed by atoms with van der Waals surface area (Å²) in [5.41, 5.74) is 0.519. The summed E-state index contributed by atoms with van der Waals surface area (Å²) in [5.74, 6) is 1.41. The third-order valence-corrected chi connectivity index (χ3v) is 5.12. The molecule has 2 aliphatic rings. The molecular formula is C20H26N4O4. The van der Waals surface area contributed by atoms with Gasteiger partial charge < -0.3 is 19.7 Å². The molecule has 2 saturated heterocycles. The van der Waals surface area contributed by atoms with E-state index in [1.54, 1.807) is 25.3 Å². The number of nitrogens with one attached hydrogen (secondary N) is 1. The summed E-state index contributed by atoms with van der Waals surface area (Å²) >= 11 is 0. The lowest BCUT2D eigenvalue weighted by molar-refractivity contribution is -0.135. The van der Waals surface area contributed by atoms with Gasteiger partial charge in [-0.2, -0.15) is 5.26 Å². The zero-order valence-electron chi connectivity index (χ0n) is 16.1. The van der Waals surface area contributed by atoms with E-state index in [1.165, 1.54) is 0 Å². The molecule has 1 atom stereocenters. The van der Waals surface area contributed by atoms with Gasteiger partial charge in [0.25, 0.3) is 0 Å². The van der Waals surface area contributed by atoms with Gasteiger partial charge in [0.05, 0.1) is 38.4 Å². The molecule has 3 rings (SSSR count). The Bertz CT molecular complexity index is 761. The highest BCUT2D eigenvalue weighted by Crippen LogP contribution is 2.29. The largest absolute Gasteiger partial charge is 0.493 e. The van der Waals surface area contributed by atoms with Crippen molar-refractivity contribution in [2.45, 2.75) is 12.8 Å². The Morgan fingerprint density at radius 3 is 2.96 bits per heavy atom. The molecule has 8 heteroatoms. The molecule has 0 aromatic heterocycles. The van der Waals surface area contributed by atoms with E-state index in [9.17, 15) is 9.59 Å². The van der Waals surface area contributed by atoms with Gasteiger partial charge in [-0.3, -0.25) is 14.5 Å². The van der Waals surface area contributed by atoms with Crippen molar-refractivity contribution in [1.29, 1.82) is 5.26 Å². The van der Waals surface area contributed by atoms with Crippen LogP contribution in [0.25, 0.3) is 0 Å². The van der Waals surface area contributed by atoms with Crippen LogP contribution in [0.5, 0.6) is 11.5 Å². The molecule has 8 nitrogen and oxygen atoms in total. The van der Waals surface area contributed by atoms with Crippen LogP contribution in [0.15, 0.2) is 18.2 Å². The van der Waals surface area contributed by atoms with Gasteiger partial charge in [-0.05, 0) is 25.0 Å². The van der Waals surface area contributed by atoms with E-state index in [1.807, 2.05) is 9.80 Å². The third-order valence-electron chi connectivity index (χ3n) is 5.12. The van der Waals surface area contributed by atoms with Crippen LogP contribution in [0.4, 0.5) is 0 Å². The molecule has 0 aliphatic carbocycles. The molecular weight excluding hydrogens is 360 g/mol. The summed E-state index contributed by atoms with van der Waals surface area (Å²) in [5, 5.41) is 11.8. The van der Waals surface area contributed by atoms with E-state index in [2.05, 4.69) is 11.4 Å². The summed E-state index contributed by atoms with van der Waals surface area (Å²) in [6.45, 7) is 3.74. The zero-order chi connectivity index (χ0) is 19.9. The Hall–Kier alpha value is -2.79. The summed E-state index contributed by atoms with van der Waals surface area (Å²) in [7, 11) is 1.55. The summed E-state index contributed by atoms with van der Waals surface area (Å²) in [4.78, 5) is 27.9. The summed E-state index contributed by atoms with van der Waals surface area (Å²) in [6.07, 6.45) is 1.93. The van der Waals surface area contributed by atoms with E-state index in [0.717, 1.165) is 19.4 Å². The van der Waals surface area contributed by atoms with E-state index < -0.39 is 0 Å². The van der Waals surface area contributed by atoms with Crippen LogP contribution in [0.2, 0.25) is 0 Å². The minimum absolute atomic E-state index is 0.0275. The second-order valence-electron chi connectivity index (χ2n) is 7.20. The van der Waals surface area contributed by atoms with Gasteiger partial charge >= 0.3 is 0 Å². The number of ether oxygens (including phenoxy) is 2. The molecule has 2 heterocycles. The molecule has 1 aromatic carbocycles. The monoisotopic (exact) mass is 386 g/mol. The molecule has 28 heavy (non-hydrogen) atoms. The van der Waals surface area contributed by atoms with Gasteiger partial charge in [-0.15, -0.1) is 0 Å². The second kappa shape index (κ2) is 9.42. The lowest BCUT2D eigenvalue weighted by atomic mass is 9.99. The number of piperidine rings is 1. The maximum atomic E-state index is 12.6. The molecule has 1 N–H and O–H groups in total. The van der Waals surface area contributed by atoms with Crippen LogP contribution in [0.1, 0.15) is 18.4 Å². The highest BCUT2D eigenvalue weighted by Gasteiger charge is 2.27. The zero-order valence-corrected chi connectivity index (χ0v) is 16.1. The molecule has 1 aromatic rings. The topological polar surface area (TPSA) is 94.9 Å². The Balaban J connectivity index is 1.51. The number of piperazine rings is 1. The Kier molecular flexibility index (Phi) is 6.71. The van der Waals surface area contributed by atoms with Crippen molar-refractivity contribution in [1.82, 2.24) is 15.1 Å². The average molecular weight is 386 g/mol. The van der Waals surface area contributed by atoms with Crippen LogP contribution < -0.4 is 14.8 Å². The van der Waals surface area contributed by atoms with Gasteiger partial charge in [0.15, 0.2) is 11.5 Å². The number of nitrogens with zero attached hydrogens (tertiary/aromatic N) is 3. The maximum Gasteiger partial charge on any atom is 0.236 e. The minimum Gasteiger partial charge on any atom is -0.493 e. The number of methoxy groups -OCH3 is 1. The van der Waals surface area contributed by atoms with Crippen molar-refractivity contribution in [3.8, 4) is 17.6 Å². The fraction of sp³-hybridized carbons (Fsp3) is 0.550. The number of rotatable bonds is 6. The Morgan fingerprint density at radius 2 is 2.21 bits per heavy atom. The number of hydrogen-bond donors (Lipinski definition) is 1. The maximum absolute atomic E-state index is 12.6. The normalized spacial score (nSPS) is 20.2. The van der Waals surface area contributed by atoms with Crippen LogP contribution in [0, 0.1) is 17.2 Å². The van der Waals surface area contributed by atoms with Gasteiger partial charge in [0.2, 0.25) is 11.8 Å². The highest BCUT2D eigenvalue weighted by molar-refractivity contribution is 5.81. The molecule has 2 amide bonds. The standard InChI is InChI=1S/C20H26N4O4/c1-27-18-9-15(10-21)4-5-17(18)28-14-16-3-2-7-24(11-16)20(26)13-23-8-6-22-19(25)12-23/h4-5,9,16H,2-3,6-8,11-14H2,1H3,(H,22,25). The average Bonchev–Trinajstić information content (AvgIpc) is 2.72. The summed E-state index contributed by atoms with van der Waals surface area (Å²) in [6, 6.07) is 7.17. The first kappa shape index (κ1) is 20.0. The van der Waals surface area contributed by atoms with Gasteiger partial charge in [-0.25, -0.2) is 0 Å². The Morgan fingerprint density at radius 1 is 1.36 bits per heavy atom. The van der Waals surface area contributed by atoms with E-state index in [-0.39, 0.29) is 30.8 Å². The molecule has 150 valence electrons. The first-order valence-corrected chi connectivity index (χ1v) is 9.57. The van der Waals surface area contributed by atoms with Crippen molar-refractivity contribution in [2.24, 2.45) is 5.92 Å². The van der Waals surface area contributed by atoms with E-state index >= 15 is 0 Å². The minimum atomic E-state index is -0.0275. The van der Waals surface area contributed by atoms with Crippen LogP contribution in [0.3, 0.4) is 0 Å². The van der Waals surface area contributed by atoms with E-state index in [4.69, 9.17) is 14.7 Å². The molecule has 0 spiro atoms. The highest BCUT2D eigenvalue weighted by atomic mass is 16.5. The third kappa shape index (κ3) is 5.14. The van der Waals surface area contributed by atoms with Gasteiger partial charge in [0.1, 0.15) is 0 Å². The van der Waals surface area contributed by atoms with Crippen molar-refractivity contribution < 1.29 is 19.1 Å². The van der Waals surface area contributed by atoms with E-state index in [0.29, 0.717) is 43.3 Å². The molecule has 0 radical (unpaired) electrons. The first-order valence-electron chi connectivity index (χ1n) is 9.57. The molecule has 1 unspecified atom stereocenters. The SMILES string of the molecule is COc1cc(C#N)ccc1OCC1CCCN(C(=O)CN2CCNC(=O)C2)C1. The van der Waals surface area contributed by atoms with Crippen LogP contribution >= 0.6 is 0 Å². The van der Waals surface area contributed by atoms with Gasteiger partial charge in [-0.1, -0.05) is 0 Å². The van der Waals surface area contributed by atoms with Crippen molar-refractivity contribution in [3.63, 3.8) is 0 Å². The molecule has 0 bridgehead atoms. The first-order chi connectivity index (χ1) is 13.6. The number of amides is 2. The number of hydrogen-bond acceptors (Lipinski definition) is 6. The molecule has 0 saturated carbocycles.